The van der Waals surface area contributed by atoms with Crippen LogP contribution in [0.15, 0.2) is 23.1 Å². The first-order valence-corrected chi connectivity index (χ1v) is 9.13. The van der Waals surface area contributed by atoms with Crippen LogP contribution in [0.4, 0.5) is 11.4 Å². The first kappa shape index (κ1) is 16.1. The largest absolute Gasteiger partial charge is 0.398 e. The van der Waals surface area contributed by atoms with Gasteiger partial charge in [-0.1, -0.05) is 19.8 Å². The number of primary sulfonamides is 1. The lowest BCUT2D eigenvalue weighted by molar-refractivity contribution is 0.435. The van der Waals surface area contributed by atoms with Gasteiger partial charge in [0.1, 0.15) is 4.90 Å². The Labute approximate surface area is 127 Å². The van der Waals surface area contributed by atoms with Gasteiger partial charge in [0.15, 0.2) is 0 Å². The van der Waals surface area contributed by atoms with Gasteiger partial charge in [-0.15, -0.1) is 0 Å². The average molecular weight is 311 g/mol. The number of nitrogens with zero attached hydrogens (tertiary/aromatic N) is 1. The molecule has 118 valence electrons. The van der Waals surface area contributed by atoms with Gasteiger partial charge in [0.05, 0.1) is 5.69 Å². The molecular formula is C15H25N3O2S. The van der Waals surface area contributed by atoms with Gasteiger partial charge in [-0.05, 0) is 43.4 Å². The van der Waals surface area contributed by atoms with Gasteiger partial charge in [0.25, 0.3) is 0 Å². The molecule has 5 nitrogen and oxygen atoms in total. The second kappa shape index (κ2) is 6.66. The Morgan fingerprint density at radius 3 is 2.67 bits per heavy atom. The zero-order valence-electron chi connectivity index (χ0n) is 12.6. The molecule has 0 aliphatic carbocycles. The van der Waals surface area contributed by atoms with E-state index in [1.165, 1.54) is 38.2 Å². The molecule has 0 spiro atoms. The third-order valence-corrected chi connectivity index (χ3v) is 5.19. The predicted molar refractivity (Wildman–Crippen MR) is 86.7 cm³/mol. The van der Waals surface area contributed by atoms with Crippen LogP contribution >= 0.6 is 0 Å². The number of hydrogen-bond donors (Lipinski definition) is 2. The Balaban J connectivity index is 2.14. The number of nitrogens with two attached hydrogens (primary N) is 2. The molecule has 1 aromatic rings. The summed E-state index contributed by atoms with van der Waals surface area (Å²) in [6, 6.07) is 5.03. The molecule has 1 aliphatic heterocycles. The van der Waals surface area contributed by atoms with Crippen LogP contribution in [0.25, 0.3) is 0 Å². The fraction of sp³-hybridized carbons (Fsp3) is 0.600. The van der Waals surface area contributed by atoms with E-state index in [-0.39, 0.29) is 10.6 Å². The minimum absolute atomic E-state index is 0.00457. The molecule has 21 heavy (non-hydrogen) atoms. The number of rotatable bonds is 4. The Hall–Kier alpha value is -1.27. The molecule has 1 aliphatic rings. The Morgan fingerprint density at radius 1 is 1.29 bits per heavy atom. The summed E-state index contributed by atoms with van der Waals surface area (Å²) in [5.41, 5.74) is 7.05. The van der Waals surface area contributed by atoms with Crippen LogP contribution in [-0.2, 0) is 10.0 Å². The van der Waals surface area contributed by atoms with Crippen molar-refractivity contribution in [2.45, 2.75) is 43.9 Å². The standard InChI is InChI=1S/C15H25N3O2S/c1-2-4-12-5-3-9-18(10-8-12)13-6-7-15(14(16)11-13)21(17,19)20/h6-7,11-12H,2-5,8-10,16H2,1H3,(H2,17,19,20). The van der Waals surface area contributed by atoms with E-state index in [1.54, 1.807) is 12.1 Å². The van der Waals surface area contributed by atoms with Gasteiger partial charge >= 0.3 is 0 Å². The molecule has 1 fully saturated rings. The average Bonchev–Trinajstić information content (AvgIpc) is 2.63. The van der Waals surface area contributed by atoms with Crippen LogP contribution < -0.4 is 15.8 Å². The molecule has 1 heterocycles. The lowest BCUT2D eigenvalue weighted by atomic mass is 9.96. The normalized spacial score (nSPS) is 20.3. The topological polar surface area (TPSA) is 89.4 Å². The van der Waals surface area contributed by atoms with Crippen LogP contribution in [0, 0.1) is 5.92 Å². The molecule has 1 saturated heterocycles. The number of hydrogen-bond acceptors (Lipinski definition) is 4. The maximum Gasteiger partial charge on any atom is 0.240 e. The summed E-state index contributed by atoms with van der Waals surface area (Å²) in [6.45, 7) is 4.22. The maximum absolute atomic E-state index is 11.4. The summed E-state index contributed by atoms with van der Waals surface area (Å²) in [4.78, 5) is 2.30. The number of benzene rings is 1. The Bertz CT molecular complexity index is 587. The molecule has 1 unspecified atom stereocenters. The third-order valence-electron chi connectivity index (χ3n) is 4.21. The van der Waals surface area contributed by atoms with Gasteiger partial charge in [0, 0.05) is 18.8 Å². The van der Waals surface area contributed by atoms with Crippen molar-refractivity contribution in [2.24, 2.45) is 11.1 Å². The fourth-order valence-corrected chi connectivity index (χ4v) is 3.76. The van der Waals surface area contributed by atoms with Crippen LogP contribution in [0.1, 0.15) is 39.0 Å². The quantitative estimate of drug-likeness (QED) is 0.835. The summed E-state index contributed by atoms with van der Waals surface area (Å²) in [6.07, 6.45) is 6.16. The minimum Gasteiger partial charge on any atom is -0.398 e. The fourth-order valence-electron chi connectivity index (χ4n) is 3.11. The van der Waals surface area contributed by atoms with E-state index in [4.69, 9.17) is 10.9 Å². The molecule has 4 N–H and O–H groups in total. The van der Waals surface area contributed by atoms with Crippen molar-refractivity contribution in [3.63, 3.8) is 0 Å². The summed E-state index contributed by atoms with van der Waals surface area (Å²) < 4.78 is 22.8. The van der Waals surface area contributed by atoms with Crippen molar-refractivity contribution < 1.29 is 8.42 Å². The highest BCUT2D eigenvalue weighted by molar-refractivity contribution is 7.89. The van der Waals surface area contributed by atoms with Crippen molar-refractivity contribution in [1.82, 2.24) is 0 Å². The number of nitrogen functional groups attached to an aromatic ring is 1. The molecule has 0 amide bonds. The number of anilines is 2. The second-order valence-corrected chi connectivity index (χ2v) is 7.37. The zero-order chi connectivity index (χ0) is 15.5. The molecule has 0 saturated carbocycles. The third kappa shape index (κ3) is 4.11. The Kier molecular flexibility index (Phi) is 5.11. The lowest BCUT2D eigenvalue weighted by Crippen LogP contribution is -2.24. The highest BCUT2D eigenvalue weighted by Gasteiger charge is 2.18. The van der Waals surface area contributed by atoms with E-state index >= 15 is 0 Å². The van der Waals surface area contributed by atoms with E-state index in [0.29, 0.717) is 0 Å². The zero-order valence-corrected chi connectivity index (χ0v) is 13.4. The van der Waals surface area contributed by atoms with Crippen molar-refractivity contribution in [1.29, 1.82) is 0 Å². The van der Waals surface area contributed by atoms with Crippen molar-refractivity contribution in [3.8, 4) is 0 Å². The highest BCUT2D eigenvalue weighted by atomic mass is 32.2. The Morgan fingerprint density at radius 2 is 2.05 bits per heavy atom. The molecule has 2 rings (SSSR count). The van der Waals surface area contributed by atoms with E-state index in [0.717, 1.165) is 24.7 Å². The second-order valence-electron chi connectivity index (χ2n) is 5.84. The summed E-state index contributed by atoms with van der Waals surface area (Å²) in [5, 5.41) is 5.14. The van der Waals surface area contributed by atoms with E-state index in [9.17, 15) is 8.42 Å². The van der Waals surface area contributed by atoms with Gasteiger partial charge < -0.3 is 10.6 Å². The SMILES string of the molecule is CCCC1CCCN(c2ccc(S(N)(=O)=O)c(N)c2)CC1. The molecule has 0 aromatic heterocycles. The van der Waals surface area contributed by atoms with Gasteiger partial charge in [0.2, 0.25) is 10.0 Å². The van der Waals surface area contributed by atoms with Crippen LogP contribution in [-0.4, -0.2) is 21.5 Å². The smallest absolute Gasteiger partial charge is 0.240 e. The van der Waals surface area contributed by atoms with Gasteiger partial charge in [-0.25, -0.2) is 13.6 Å². The maximum atomic E-state index is 11.4. The van der Waals surface area contributed by atoms with Gasteiger partial charge in [-0.3, -0.25) is 0 Å². The molecule has 1 atom stereocenters. The van der Waals surface area contributed by atoms with Gasteiger partial charge in [-0.2, -0.15) is 0 Å². The number of sulfonamides is 1. The van der Waals surface area contributed by atoms with Crippen LogP contribution in [0.2, 0.25) is 0 Å². The molecule has 1 aromatic carbocycles. The van der Waals surface area contributed by atoms with Crippen LogP contribution in [0.5, 0.6) is 0 Å². The molecule has 0 radical (unpaired) electrons. The van der Waals surface area contributed by atoms with E-state index in [2.05, 4.69) is 11.8 Å². The minimum atomic E-state index is -3.75. The van der Waals surface area contributed by atoms with E-state index in [1.807, 2.05) is 0 Å². The van der Waals surface area contributed by atoms with Crippen LogP contribution in [0.3, 0.4) is 0 Å². The highest BCUT2D eigenvalue weighted by Crippen LogP contribution is 2.28. The summed E-state index contributed by atoms with van der Waals surface area (Å²) in [5.74, 6) is 0.807. The first-order valence-electron chi connectivity index (χ1n) is 7.59. The first-order chi connectivity index (χ1) is 9.91. The van der Waals surface area contributed by atoms with Crippen molar-refractivity contribution in [3.05, 3.63) is 18.2 Å². The summed E-state index contributed by atoms with van der Waals surface area (Å²) >= 11 is 0. The molecule has 0 bridgehead atoms. The van der Waals surface area contributed by atoms with Crippen molar-refractivity contribution >= 4 is 21.4 Å². The monoisotopic (exact) mass is 311 g/mol. The lowest BCUT2D eigenvalue weighted by Gasteiger charge is -2.23. The predicted octanol–water partition coefficient (Wildman–Crippen LogP) is 2.32. The van der Waals surface area contributed by atoms with Crippen molar-refractivity contribution in [2.75, 3.05) is 23.7 Å². The summed E-state index contributed by atoms with van der Waals surface area (Å²) in [7, 11) is -3.75. The van der Waals surface area contributed by atoms with E-state index < -0.39 is 10.0 Å². The molecule has 6 heteroatoms. The molecular weight excluding hydrogens is 286 g/mol.